The van der Waals surface area contributed by atoms with Crippen molar-refractivity contribution in [2.45, 2.75) is 32.4 Å². The smallest absolute Gasteiger partial charge is 0.315 e. The molecule has 0 saturated carbocycles. The minimum atomic E-state index is -0.240. The quantitative estimate of drug-likeness (QED) is 0.833. The molecule has 2 N–H and O–H groups in total. The minimum absolute atomic E-state index is 0.141. The molecule has 5 nitrogen and oxygen atoms in total. The summed E-state index contributed by atoms with van der Waals surface area (Å²) < 4.78 is 0. The summed E-state index contributed by atoms with van der Waals surface area (Å²) >= 11 is 5.98. The van der Waals surface area contributed by atoms with Crippen molar-refractivity contribution in [2.24, 2.45) is 0 Å². The maximum absolute atomic E-state index is 12.1. The predicted molar refractivity (Wildman–Crippen MR) is 103 cm³/mol. The van der Waals surface area contributed by atoms with Gasteiger partial charge in [-0.1, -0.05) is 35.9 Å². The Morgan fingerprint density at radius 2 is 2.00 bits per heavy atom. The summed E-state index contributed by atoms with van der Waals surface area (Å²) in [6.45, 7) is 3.11. The minimum Gasteiger partial charge on any atom is -0.334 e. The molecule has 1 atom stereocenters. The van der Waals surface area contributed by atoms with Crippen LogP contribution >= 0.6 is 11.6 Å². The van der Waals surface area contributed by atoms with Gasteiger partial charge in [0.15, 0.2) is 0 Å². The van der Waals surface area contributed by atoms with Crippen LogP contribution in [0.2, 0.25) is 5.02 Å². The molecule has 1 saturated heterocycles. The van der Waals surface area contributed by atoms with Gasteiger partial charge in [0.2, 0.25) is 5.91 Å². The third-order valence-electron chi connectivity index (χ3n) is 4.47. The van der Waals surface area contributed by atoms with Crippen LogP contribution < -0.4 is 15.5 Å². The predicted octanol–water partition coefficient (Wildman–Crippen LogP) is 4.03. The number of amides is 3. The normalized spacial score (nSPS) is 15.0. The van der Waals surface area contributed by atoms with Crippen LogP contribution in [-0.4, -0.2) is 18.5 Å². The zero-order valence-electron chi connectivity index (χ0n) is 14.7. The van der Waals surface area contributed by atoms with Gasteiger partial charge in [0, 0.05) is 30.2 Å². The van der Waals surface area contributed by atoms with Crippen LogP contribution in [0.25, 0.3) is 0 Å². The lowest BCUT2D eigenvalue weighted by molar-refractivity contribution is -0.117. The Kier molecular flexibility index (Phi) is 5.78. The standard InChI is InChI=1S/C20H22ClN3O2/c1-14(16-4-2-5-17(21)12-16)23-20(26)22-13-15-7-9-18(10-8-15)24-11-3-6-19(24)25/h2,4-5,7-10,12,14H,3,6,11,13H2,1H3,(H2,22,23,26). The summed E-state index contributed by atoms with van der Waals surface area (Å²) in [6, 6.07) is 14.8. The van der Waals surface area contributed by atoms with E-state index in [4.69, 9.17) is 11.6 Å². The summed E-state index contributed by atoms with van der Waals surface area (Å²) in [6.07, 6.45) is 1.53. The number of benzene rings is 2. The number of nitrogens with zero attached hydrogens (tertiary/aromatic N) is 1. The third kappa shape index (κ3) is 4.55. The van der Waals surface area contributed by atoms with Crippen LogP contribution in [0, 0.1) is 0 Å². The lowest BCUT2D eigenvalue weighted by Crippen LogP contribution is -2.36. The first-order chi connectivity index (χ1) is 12.5. The van der Waals surface area contributed by atoms with E-state index < -0.39 is 0 Å². The van der Waals surface area contributed by atoms with Gasteiger partial charge >= 0.3 is 6.03 Å². The van der Waals surface area contributed by atoms with E-state index in [2.05, 4.69) is 10.6 Å². The van der Waals surface area contributed by atoms with E-state index in [0.29, 0.717) is 18.0 Å². The second kappa shape index (κ2) is 8.23. The molecule has 2 aromatic rings. The van der Waals surface area contributed by atoms with Crippen LogP contribution in [0.15, 0.2) is 48.5 Å². The summed E-state index contributed by atoms with van der Waals surface area (Å²) in [5.41, 5.74) is 2.84. The topological polar surface area (TPSA) is 61.4 Å². The van der Waals surface area contributed by atoms with Crippen molar-refractivity contribution in [1.82, 2.24) is 10.6 Å². The van der Waals surface area contributed by atoms with Crippen LogP contribution in [-0.2, 0) is 11.3 Å². The maximum Gasteiger partial charge on any atom is 0.315 e. The van der Waals surface area contributed by atoms with Gasteiger partial charge in [0.1, 0.15) is 0 Å². The van der Waals surface area contributed by atoms with Gasteiger partial charge in [0.05, 0.1) is 6.04 Å². The molecule has 1 aliphatic heterocycles. The van der Waals surface area contributed by atoms with E-state index in [1.54, 1.807) is 11.0 Å². The van der Waals surface area contributed by atoms with E-state index in [1.807, 2.05) is 49.4 Å². The van der Waals surface area contributed by atoms with Gasteiger partial charge in [-0.05, 0) is 48.7 Å². The number of urea groups is 1. The Morgan fingerprint density at radius 1 is 1.23 bits per heavy atom. The van der Waals surface area contributed by atoms with Crippen molar-refractivity contribution in [2.75, 3.05) is 11.4 Å². The molecular formula is C20H22ClN3O2. The van der Waals surface area contributed by atoms with Gasteiger partial charge in [-0.25, -0.2) is 4.79 Å². The molecule has 0 bridgehead atoms. The lowest BCUT2D eigenvalue weighted by atomic mass is 10.1. The molecule has 136 valence electrons. The fourth-order valence-electron chi connectivity index (χ4n) is 3.00. The Balaban J connectivity index is 1.50. The van der Waals surface area contributed by atoms with Gasteiger partial charge < -0.3 is 15.5 Å². The fraction of sp³-hybridized carbons (Fsp3) is 0.300. The molecule has 1 heterocycles. The Hall–Kier alpha value is -2.53. The Morgan fingerprint density at radius 3 is 2.65 bits per heavy atom. The SMILES string of the molecule is CC(NC(=O)NCc1ccc(N2CCCC2=O)cc1)c1cccc(Cl)c1. The highest BCUT2D eigenvalue weighted by Crippen LogP contribution is 2.21. The van der Waals surface area contributed by atoms with E-state index in [9.17, 15) is 9.59 Å². The van der Waals surface area contributed by atoms with Crippen LogP contribution in [0.4, 0.5) is 10.5 Å². The van der Waals surface area contributed by atoms with Gasteiger partial charge in [-0.2, -0.15) is 0 Å². The molecule has 6 heteroatoms. The average Bonchev–Trinajstić information content (AvgIpc) is 3.06. The first-order valence-corrected chi connectivity index (χ1v) is 9.10. The van der Waals surface area contributed by atoms with E-state index >= 15 is 0 Å². The van der Waals surface area contributed by atoms with E-state index in [-0.39, 0.29) is 18.0 Å². The summed E-state index contributed by atoms with van der Waals surface area (Å²) in [5, 5.41) is 6.39. The van der Waals surface area contributed by atoms with Crippen molar-refractivity contribution in [3.8, 4) is 0 Å². The third-order valence-corrected chi connectivity index (χ3v) is 4.71. The molecule has 0 aromatic heterocycles. The van der Waals surface area contributed by atoms with Crippen molar-refractivity contribution in [3.63, 3.8) is 0 Å². The molecule has 3 rings (SSSR count). The van der Waals surface area contributed by atoms with Crippen molar-refractivity contribution < 1.29 is 9.59 Å². The monoisotopic (exact) mass is 371 g/mol. The van der Waals surface area contributed by atoms with Gasteiger partial charge in [0.25, 0.3) is 0 Å². The second-order valence-electron chi connectivity index (χ2n) is 6.42. The van der Waals surface area contributed by atoms with Crippen molar-refractivity contribution >= 4 is 29.2 Å². The first kappa shape index (κ1) is 18.3. The Labute approximate surface area is 158 Å². The summed E-state index contributed by atoms with van der Waals surface area (Å²) in [7, 11) is 0. The highest BCUT2D eigenvalue weighted by atomic mass is 35.5. The van der Waals surface area contributed by atoms with Crippen LogP contribution in [0.1, 0.15) is 36.9 Å². The van der Waals surface area contributed by atoms with Crippen LogP contribution in [0.3, 0.4) is 0 Å². The summed E-state index contributed by atoms with van der Waals surface area (Å²) in [4.78, 5) is 25.7. The molecule has 0 radical (unpaired) electrons. The van der Waals surface area contributed by atoms with Crippen molar-refractivity contribution in [3.05, 3.63) is 64.7 Å². The highest BCUT2D eigenvalue weighted by molar-refractivity contribution is 6.30. The molecule has 3 amide bonds. The first-order valence-electron chi connectivity index (χ1n) is 8.72. The highest BCUT2D eigenvalue weighted by Gasteiger charge is 2.21. The number of nitrogens with one attached hydrogen (secondary N) is 2. The number of rotatable bonds is 5. The molecular weight excluding hydrogens is 350 g/mol. The second-order valence-corrected chi connectivity index (χ2v) is 6.86. The fourth-order valence-corrected chi connectivity index (χ4v) is 3.20. The van der Waals surface area contributed by atoms with Crippen LogP contribution in [0.5, 0.6) is 0 Å². The zero-order chi connectivity index (χ0) is 18.5. The van der Waals surface area contributed by atoms with E-state index in [1.165, 1.54) is 0 Å². The molecule has 1 aliphatic rings. The van der Waals surface area contributed by atoms with E-state index in [0.717, 1.165) is 29.8 Å². The number of halogens is 1. The van der Waals surface area contributed by atoms with Gasteiger partial charge in [-0.3, -0.25) is 4.79 Å². The largest absolute Gasteiger partial charge is 0.334 e. The Bertz CT molecular complexity index is 792. The molecule has 1 fully saturated rings. The average molecular weight is 372 g/mol. The molecule has 1 unspecified atom stereocenters. The molecule has 26 heavy (non-hydrogen) atoms. The molecule has 0 aliphatic carbocycles. The molecule has 0 spiro atoms. The summed E-state index contributed by atoms with van der Waals surface area (Å²) in [5.74, 6) is 0.172. The number of hydrogen-bond donors (Lipinski definition) is 2. The number of anilines is 1. The molecule has 2 aromatic carbocycles. The number of hydrogen-bond acceptors (Lipinski definition) is 2. The lowest BCUT2D eigenvalue weighted by Gasteiger charge is -2.17. The maximum atomic E-state index is 12.1. The van der Waals surface area contributed by atoms with Crippen molar-refractivity contribution in [1.29, 1.82) is 0 Å². The zero-order valence-corrected chi connectivity index (χ0v) is 15.4. The van der Waals surface area contributed by atoms with Gasteiger partial charge in [-0.15, -0.1) is 0 Å². The number of carbonyl (C=O) groups excluding carboxylic acids is 2. The number of carbonyl (C=O) groups is 2.